The predicted octanol–water partition coefficient (Wildman–Crippen LogP) is 4.19. The van der Waals surface area contributed by atoms with Crippen LogP contribution >= 0.6 is 15.9 Å². The van der Waals surface area contributed by atoms with Gasteiger partial charge in [-0.2, -0.15) is 5.26 Å². The van der Waals surface area contributed by atoms with Crippen molar-refractivity contribution in [2.24, 2.45) is 0 Å². The van der Waals surface area contributed by atoms with Crippen molar-refractivity contribution in [3.8, 4) is 17.6 Å². The smallest absolute Gasteiger partial charge is 0.146 e. The Kier molecular flexibility index (Phi) is 4.76. The van der Waals surface area contributed by atoms with Crippen LogP contribution in [0.4, 0.5) is 8.78 Å². The van der Waals surface area contributed by atoms with Crippen molar-refractivity contribution in [1.82, 2.24) is 0 Å². The van der Waals surface area contributed by atoms with E-state index in [1.165, 1.54) is 31.4 Å². The summed E-state index contributed by atoms with van der Waals surface area (Å²) >= 11 is 2.99. The van der Waals surface area contributed by atoms with Crippen molar-refractivity contribution >= 4 is 15.9 Å². The molecule has 0 aliphatic heterocycles. The molecule has 0 aliphatic rings. The summed E-state index contributed by atoms with van der Waals surface area (Å²) in [6, 6.07) is 8.93. The molecule has 108 valence electrons. The van der Waals surface area contributed by atoms with Crippen LogP contribution in [0, 0.1) is 23.0 Å². The lowest BCUT2D eigenvalue weighted by atomic mass is 10.2. The predicted molar refractivity (Wildman–Crippen MR) is 76.1 cm³/mol. The Labute approximate surface area is 128 Å². The zero-order chi connectivity index (χ0) is 15.4. The molecule has 2 aromatic carbocycles. The Morgan fingerprint density at radius 2 is 1.90 bits per heavy atom. The molecule has 21 heavy (non-hydrogen) atoms. The fourth-order valence-corrected chi connectivity index (χ4v) is 2.07. The molecule has 0 fully saturated rings. The molecule has 3 nitrogen and oxygen atoms in total. The standard InChI is InChI=1S/C15H10BrF2NO2/c1-20-10-4-9(7-19)5-11(6-10)21-8-12-14(17)3-2-13(16)15(12)18/h2-6H,8H2,1H3. The van der Waals surface area contributed by atoms with E-state index in [2.05, 4.69) is 15.9 Å². The van der Waals surface area contributed by atoms with Gasteiger partial charge >= 0.3 is 0 Å². The molecule has 0 saturated heterocycles. The molecule has 0 unspecified atom stereocenters. The van der Waals surface area contributed by atoms with Crippen molar-refractivity contribution < 1.29 is 18.3 Å². The van der Waals surface area contributed by atoms with Crippen molar-refractivity contribution in [3.05, 3.63) is 57.6 Å². The van der Waals surface area contributed by atoms with Gasteiger partial charge in [-0.05, 0) is 40.2 Å². The lowest BCUT2D eigenvalue weighted by molar-refractivity contribution is 0.290. The Bertz CT molecular complexity index is 714. The maximum absolute atomic E-state index is 13.8. The van der Waals surface area contributed by atoms with Crippen LogP contribution in [0.15, 0.2) is 34.8 Å². The fourth-order valence-electron chi connectivity index (χ4n) is 1.69. The van der Waals surface area contributed by atoms with E-state index >= 15 is 0 Å². The second kappa shape index (κ2) is 6.55. The van der Waals surface area contributed by atoms with E-state index in [1.54, 1.807) is 0 Å². The normalized spacial score (nSPS) is 10.0. The second-order valence-electron chi connectivity index (χ2n) is 4.12. The molecule has 0 atom stereocenters. The van der Waals surface area contributed by atoms with E-state index in [9.17, 15) is 8.78 Å². The summed E-state index contributed by atoms with van der Waals surface area (Å²) in [5.41, 5.74) is 0.144. The molecular weight excluding hydrogens is 344 g/mol. The Balaban J connectivity index is 2.25. The molecule has 0 N–H and O–H groups in total. The number of ether oxygens (including phenoxy) is 2. The third-order valence-corrected chi connectivity index (χ3v) is 3.38. The minimum Gasteiger partial charge on any atom is -0.497 e. The maximum Gasteiger partial charge on any atom is 0.146 e. The zero-order valence-corrected chi connectivity index (χ0v) is 12.6. The molecule has 0 aliphatic carbocycles. The van der Waals surface area contributed by atoms with Gasteiger partial charge in [-0.3, -0.25) is 0 Å². The molecule has 6 heteroatoms. The minimum absolute atomic E-state index is 0.158. The van der Waals surface area contributed by atoms with Crippen molar-refractivity contribution in [2.75, 3.05) is 7.11 Å². The van der Waals surface area contributed by atoms with Crippen LogP contribution < -0.4 is 9.47 Å². The Morgan fingerprint density at radius 3 is 2.57 bits per heavy atom. The molecule has 0 spiro atoms. The summed E-state index contributed by atoms with van der Waals surface area (Å²) < 4.78 is 38.0. The van der Waals surface area contributed by atoms with Gasteiger partial charge in [-0.25, -0.2) is 8.78 Å². The van der Waals surface area contributed by atoms with Crippen LogP contribution in [0.3, 0.4) is 0 Å². The highest BCUT2D eigenvalue weighted by molar-refractivity contribution is 9.10. The number of methoxy groups -OCH3 is 1. The Hall–Kier alpha value is -2.13. The van der Waals surface area contributed by atoms with Crippen LogP contribution in [-0.4, -0.2) is 7.11 Å². The lowest BCUT2D eigenvalue weighted by Crippen LogP contribution is -2.03. The number of halogens is 3. The van der Waals surface area contributed by atoms with E-state index in [0.29, 0.717) is 17.1 Å². The van der Waals surface area contributed by atoms with Crippen LogP contribution in [0.25, 0.3) is 0 Å². The van der Waals surface area contributed by atoms with Gasteiger partial charge in [0.05, 0.1) is 28.8 Å². The van der Waals surface area contributed by atoms with Gasteiger partial charge in [0, 0.05) is 6.07 Å². The summed E-state index contributed by atoms with van der Waals surface area (Å²) in [5.74, 6) is -0.679. The first-order valence-corrected chi connectivity index (χ1v) is 6.69. The minimum atomic E-state index is -0.710. The third-order valence-electron chi connectivity index (χ3n) is 2.77. The first kappa shape index (κ1) is 15.3. The van der Waals surface area contributed by atoms with Gasteiger partial charge in [0.2, 0.25) is 0 Å². The molecular formula is C15H10BrF2NO2. The zero-order valence-electron chi connectivity index (χ0n) is 11.0. The average molecular weight is 354 g/mol. The van der Waals surface area contributed by atoms with Gasteiger partial charge in [-0.1, -0.05) is 0 Å². The van der Waals surface area contributed by atoms with E-state index in [1.807, 2.05) is 6.07 Å². The third kappa shape index (κ3) is 3.50. The molecule has 0 radical (unpaired) electrons. The highest BCUT2D eigenvalue weighted by Gasteiger charge is 2.13. The van der Waals surface area contributed by atoms with Crippen LogP contribution in [-0.2, 0) is 6.61 Å². The largest absolute Gasteiger partial charge is 0.497 e. The van der Waals surface area contributed by atoms with Gasteiger partial charge in [0.1, 0.15) is 29.7 Å². The van der Waals surface area contributed by atoms with Gasteiger partial charge in [-0.15, -0.1) is 0 Å². The molecule has 2 aromatic rings. The van der Waals surface area contributed by atoms with Gasteiger partial charge in [0.15, 0.2) is 0 Å². The second-order valence-corrected chi connectivity index (χ2v) is 4.97. The van der Waals surface area contributed by atoms with Crippen LogP contribution in [0.5, 0.6) is 11.5 Å². The van der Waals surface area contributed by atoms with Gasteiger partial charge in [0.25, 0.3) is 0 Å². The summed E-state index contributed by atoms with van der Waals surface area (Å²) in [6.07, 6.45) is 0. The SMILES string of the molecule is COc1cc(C#N)cc(OCc2c(F)ccc(Br)c2F)c1. The van der Waals surface area contributed by atoms with Gasteiger partial charge < -0.3 is 9.47 Å². The fraction of sp³-hybridized carbons (Fsp3) is 0.133. The van der Waals surface area contributed by atoms with E-state index in [4.69, 9.17) is 14.7 Å². The first-order valence-electron chi connectivity index (χ1n) is 5.89. The van der Waals surface area contributed by atoms with E-state index < -0.39 is 11.6 Å². The number of benzene rings is 2. The summed E-state index contributed by atoms with van der Waals surface area (Å²) in [6.45, 7) is -0.296. The number of hydrogen-bond acceptors (Lipinski definition) is 3. The monoisotopic (exact) mass is 353 g/mol. The first-order chi connectivity index (χ1) is 10.0. The van der Waals surface area contributed by atoms with E-state index in [0.717, 1.165) is 6.07 Å². The van der Waals surface area contributed by atoms with Crippen LogP contribution in [0.1, 0.15) is 11.1 Å². The molecule has 0 aromatic heterocycles. The lowest BCUT2D eigenvalue weighted by Gasteiger charge is -2.10. The van der Waals surface area contributed by atoms with Crippen molar-refractivity contribution in [2.45, 2.75) is 6.61 Å². The molecule has 0 saturated carbocycles. The number of rotatable bonds is 4. The number of nitriles is 1. The van der Waals surface area contributed by atoms with Crippen molar-refractivity contribution in [3.63, 3.8) is 0 Å². The highest BCUT2D eigenvalue weighted by Crippen LogP contribution is 2.26. The van der Waals surface area contributed by atoms with Crippen molar-refractivity contribution in [1.29, 1.82) is 5.26 Å². The average Bonchev–Trinajstić information content (AvgIpc) is 2.50. The number of hydrogen-bond donors (Lipinski definition) is 0. The molecule has 2 rings (SSSR count). The maximum atomic E-state index is 13.8. The highest BCUT2D eigenvalue weighted by atomic mass is 79.9. The Morgan fingerprint density at radius 1 is 1.19 bits per heavy atom. The topological polar surface area (TPSA) is 42.2 Å². The number of nitrogens with zero attached hydrogens (tertiary/aromatic N) is 1. The van der Waals surface area contributed by atoms with E-state index in [-0.39, 0.29) is 16.6 Å². The van der Waals surface area contributed by atoms with Crippen LogP contribution in [0.2, 0.25) is 0 Å². The molecule has 0 heterocycles. The molecule has 0 amide bonds. The summed E-state index contributed by atoms with van der Waals surface area (Å²) in [7, 11) is 1.45. The quantitative estimate of drug-likeness (QED) is 0.774. The molecule has 0 bridgehead atoms. The summed E-state index contributed by atoms with van der Waals surface area (Å²) in [4.78, 5) is 0. The summed E-state index contributed by atoms with van der Waals surface area (Å²) in [5, 5.41) is 8.90.